The second-order valence-corrected chi connectivity index (χ2v) is 8.34. The van der Waals surface area contributed by atoms with E-state index in [1.54, 1.807) is 24.0 Å². The molecule has 1 fully saturated rings. The van der Waals surface area contributed by atoms with Gasteiger partial charge in [0.05, 0.1) is 41.2 Å². The van der Waals surface area contributed by atoms with E-state index >= 15 is 0 Å². The van der Waals surface area contributed by atoms with E-state index in [0.717, 1.165) is 0 Å². The monoisotopic (exact) mass is 515 g/mol. The van der Waals surface area contributed by atoms with Gasteiger partial charge in [-0.25, -0.2) is 14.5 Å². The normalized spacial score (nSPS) is 17.1. The number of carbonyl (C=O) groups is 3. The maximum Gasteiger partial charge on any atom is 0.338 e. The summed E-state index contributed by atoms with van der Waals surface area (Å²) in [4.78, 5) is 51.7. The molecule has 3 heterocycles. The molecule has 0 radical (unpaired) electrons. The number of nitro benzene ring substituents is 1. The predicted molar refractivity (Wildman–Crippen MR) is 123 cm³/mol. The van der Waals surface area contributed by atoms with Crippen molar-refractivity contribution in [3.05, 3.63) is 62.9 Å². The van der Waals surface area contributed by atoms with Crippen LogP contribution < -0.4 is 10.6 Å². The van der Waals surface area contributed by atoms with Crippen molar-refractivity contribution in [3.63, 3.8) is 0 Å². The summed E-state index contributed by atoms with van der Waals surface area (Å²) < 4.78 is 11.4. The van der Waals surface area contributed by atoms with Crippen LogP contribution in [0.5, 0.6) is 0 Å². The van der Waals surface area contributed by atoms with Crippen molar-refractivity contribution in [1.29, 1.82) is 0 Å². The van der Waals surface area contributed by atoms with Crippen molar-refractivity contribution in [2.24, 2.45) is 0 Å². The smallest absolute Gasteiger partial charge is 0.338 e. The second kappa shape index (κ2) is 11.0. The number of aromatic nitrogens is 4. The number of epoxide rings is 1. The molecule has 3 atom stereocenters. The number of benzene rings is 1. The second-order valence-electron chi connectivity index (χ2n) is 7.62. The van der Waals surface area contributed by atoms with Crippen LogP contribution in [-0.4, -0.2) is 67.5 Å². The summed E-state index contributed by atoms with van der Waals surface area (Å²) >= 11 is 1.35. The Morgan fingerprint density at radius 1 is 1.25 bits per heavy atom. The van der Waals surface area contributed by atoms with Gasteiger partial charge in [0.15, 0.2) is 12.2 Å². The molecule has 0 aliphatic carbocycles. The topological polar surface area (TPSA) is 184 Å². The number of esters is 1. The first-order valence-electron chi connectivity index (χ1n) is 10.8. The fourth-order valence-corrected chi connectivity index (χ4v) is 3.83. The average Bonchev–Trinajstić information content (AvgIpc) is 3.25. The van der Waals surface area contributed by atoms with Gasteiger partial charge in [0, 0.05) is 23.9 Å². The largest absolute Gasteiger partial charge is 0.464 e. The summed E-state index contributed by atoms with van der Waals surface area (Å²) in [5, 5.41) is 25.9. The molecular weight excluding hydrogens is 494 g/mol. The van der Waals surface area contributed by atoms with E-state index in [-0.39, 0.29) is 25.3 Å². The molecule has 0 bridgehead atoms. The van der Waals surface area contributed by atoms with Gasteiger partial charge >= 0.3 is 5.97 Å². The number of nitro groups is 1. The van der Waals surface area contributed by atoms with E-state index in [1.807, 2.05) is 0 Å². The molecule has 0 saturated carbocycles. The molecule has 0 spiro atoms. The Hall–Kier alpha value is -4.24. The third-order valence-corrected chi connectivity index (χ3v) is 5.74. The van der Waals surface area contributed by atoms with Gasteiger partial charge in [-0.15, -0.1) is 16.4 Å². The average molecular weight is 516 g/mol. The van der Waals surface area contributed by atoms with Crippen molar-refractivity contribution in [3.8, 4) is 5.69 Å². The molecule has 1 saturated heterocycles. The van der Waals surface area contributed by atoms with E-state index in [0.29, 0.717) is 17.1 Å². The molecule has 188 valence electrons. The molecular formula is C21H21N7O7S. The van der Waals surface area contributed by atoms with E-state index in [1.165, 1.54) is 40.3 Å². The molecule has 14 nitrogen and oxygen atoms in total. The molecule has 1 aliphatic heterocycles. The van der Waals surface area contributed by atoms with Crippen LogP contribution >= 0.6 is 11.3 Å². The lowest BCUT2D eigenvalue weighted by molar-refractivity contribution is -0.384. The molecule has 36 heavy (non-hydrogen) atoms. The van der Waals surface area contributed by atoms with Crippen LogP contribution in [0, 0.1) is 10.1 Å². The van der Waals surface area contributed by atoms with Crippen LogP contribution in [-0.2, 0) is 36.8 Å². The first kappa shape index (κ1) is 24.9. The summed E-state index contributed by atoms with van der Waals surface area (Å²) in [5.74, 6) is -1.73. The van der Waals surface area contributed by atoms with Crippen molar-refractivity contribution in [2.75, 3.05) is 6.61 Å². The predicted octanol–water partition coefficient (Wildman–Crippen LogP) is 0.306. The lowest BCUT2D eigenvalue weighted by atomic mass is 10.1. The Bertz CT molecular complexity index is 1250. The van der Waals surface area contributed by atoms with Crippen LogP contribution in [0.25, 0.3) is 5.69 Å². The zero-order valence-corrected chi connectivity index (χ0v) is 19.7. The Labute approximate surface area is 207 Å². The van der Waals surface area contributed by atoms with Crippen molar-refractivity contribution >= 4 is 34.8 Å². The minimum atomic E-state index is -1.02. The molecule has 2 N–H and O–H groups in total. The highest BCUT2D eigenvalue weighted by Crippen LogP contribution is 2.24. The molecule has 1 aromatic carbocycles. The molecule has 1 aliphatic rings. The maximum absolute atomic E-state index is 12.9. The zero-order chi connectivity index (χ0) is 25.7. The van der Waals surface area contributed by atoms with Gasteiger partial charge < -0.3 is 20.1 Å². The third kappa shape index (κ3) is 6.05. The van der Waals surface area contributed by atoms with Gasteiger partial charge in [-0.1, -0.05) is 5.21 Å². The van der Waals surface area contributed by atoms with Gasteiger partial charge in [0.2, 0.25) is 5.91 Å². The Kier molecular flexibility index (Phi) is 7.60. The molecule has 0 unspecified atom stereocenters. The first-order valence-corrected chi connectivity index (χ1v) is 11.7. The Morgan fingerprint density at radius 3 is 2.69 bits per heavy atom. The number of hydrogen-bond acceptors (Lipinski definition) is 11. The fraction of sp³-hybridized carbons (Fsp3) is 0.333. The van der Waals surface area contributed by atoms with Gasteiger partial charge in [-0.3, -0.25) is 19.7 Å². The number of thiazole rings is 1. The summed E-state index contributed by atoms with van der Waals surface area (Å²) in [7, 11) is 0. The third-order valence-electron chi connectivity index (χ3n) is 5.11. The fourth-order valence-electron chi connectivity index (χ4n) is 3.26. The van der Waals surface area contributed by atoms with Crippen LogP contribution in [0.4, 0.5) is 5.69 Å². The molecule has 15 heteroatoms. The molecule has 2 aromatic heterocycles. The van der Waals surface area contributed by atoms with Gasteiger partial charge in [-0.2, -0.15) is 0 Å². The van der Waals surface area contributed by atoms with Crippen LogP contribution in [0.1, 0.15) is 18.3 Å². The number of carbonyl (C=O) groups excluding carboxylic acids is 3. The number of non-ortho nitro benzene ring substituents is 1. The highest BCUT2D eigenvalue weighted by Gasteiger charge is 2.52. The quantitative estimate of drug-likeness (QED) is 0.156. The lowest BCUT2D eigenvalue weighted by Crippen LogP contribution is -2.49. The van der Waals surface area contributed by atoms with Gasteiger partial charge in [0.1, 0.15) is 11.7 Å². The van der Waals surface area contributed by atoms with Gasteiger partial charge in [-0.05, 0) is 19.1 Å². The summed E-state index contributed by atoms with van der Waals surface area (Å²) in [6.07, 6.45) is -0.302. The van der Waals surface area contributed by atoms with E-state index < -0.39 is 41.0 Å². The first-order chi connectivity index (χ1) is 17.4. The standard InChI is InChI=1S/C21H21N7O7S/c1-2-34-21(31)18-17(35-18)20(30)24-16(7-12-10-36-11-23-12)19(29)22-8-13-9-27(26-25-13)14-3-5-15(6-4-14)28(32)33/h3-6,9-11,16-18H,2,7-8H2,1H3,(H,22,29)(H,24,30)/t16-,17-,18-/m0/s1. The van der Waals surface area contributed by atoms with Crippen molar-refractivity contribution < 1.29 is 28.8 Å². The van der Waals surface area contributed by atoms with Gasteiger partial charge in [0.25, 0.3) is 11.6 Å². The number of nitrogens with one attached hydrogen (secondary N) is 2. The maximum atomic E-state index is 12.9. The van der Waals surface area contributed by atoms with Crippen molar-refractivity contribution in [2.45, 2.75) is 38.1 Å². The van der Waals surface area contributed by atoms with E-state index in [9.17, 15) is 24.5 Å². The number of nitrogens with zero attached hydrogens (tertiary/aromatic N) is 5. The zero-order valence-electron chi connectivity index (χ0n) is 18.9. The van der Waals surface area contributed by atoms with E-state index in [4.69, 9.17) is 9.47 Å². The Balaban J connectivity index is 1.36. The SMILES string of the molecule is CCOC(=O)[C@H]1O[C@@H]1C(=O)N[C@@H](Cc1cscn1)C(=O)NCc1cn(-c2ccc([N+](=O)[O-])cc2)nn1. The number of ether oxygens (including phenoxy) is 2. The minimum Gasteiger partial charge on any atom is -0.464 e. The Morgan fingerprint density at radius 2 is 2.03 bits per heavy atom. The molecule has 2 amide bonds. The number of hydrogen-bond donors (Lipinski definition) is 2. The highest BCUT2D eigenvalue weighted by atomic mass is 32.1. The summed E-state index contributed by atoms with van der Waals surface area (Å²) in [5.41, 5.74) is 3.16. The number of rotatable bonds is 11. The number of amides is 2. The van der Waals surface area contributed by atoms with Crippen LogP contribution in [0.2, 0.25) is 0 Å². The highest BCUT2D eigenvalue weighted by molar-refractivity contribution is 7.07. The summed E-state index contributed by atoms with van der Waals surface area (Å²) in [6.45, 7) is 1.82. The molecule has 3 aromatic rings. The van der Waals surface area contributed by atoms with Crippen molar-refractivity contribution in [1.82, 2.24) is 30.6 Å². The summed E-state index contributed by atoms with van der Waals surface area (Å²) in [6, 6.07) is 4.77. The van der Waals surface area contributed by atoms with E-state index in [2.05, 4.69) is 25.9 Å². The van der Waals surface area contributed by atoms with Crippen LogP contribution in [0.3, 0.4) is 0 Å². The minimum absolute atomic E-state index is 0.0145. The van der Waals surface area contributed by atoms with Crippen LogP contribution in [0.15, 0.2) is 41.4 Å². The molecule has 4 rings (SSSR count). The lowest BCUT2D eigenvalue weighted by Gasteiger charge is -2.17.